The summed E-state index contributed by atoms with van der Waals surface area (Å²) in [5, 5.41) is 0.966. The zero-order valence-corrected chi connectivity index (χ0v) is 11.5. The van der Waals surface area contributed by atoms with E-state index in [1.165, 1.54) is 18.2 Å². The van der Waals surface area contributed by atoms with Crippen LogP contribution in [0, 0.1) is 0 Å². The molecule has 19 heavy (non-hydrogen) atoms. The monoisotopic (exact) mass is 300 g/mol. The molecule has 0 amide bonds. The zero-order valence-electron chi connectivity index (χ0n) is 9.89. The molecule has 0 unspecified atom stereocenters. The molecule has 0 radical (unpaired) electrons. The topological polar surface area (TPSA) is 77.5 Å². The summed E-state index contributed by atoms with van der Waals surface area (Å²) in [7, 11) is -7.31. The first kappa shape index (κ1) is 14.0. The standard InChI is InChI=1S/C12H12O5S2/c1-2-10-3-5-12(6-4-10)19(15,16)17-11-7-8-18(13,14)9-11/h2-8,11H,1,9H2/t11-/m1/s1. The Morgan fingerprint density at radius 2 is 1.89 bits per heavy atom. The van der Waals surface area contributed by atoms with Gasteiger partial charge in [-0.1, -0.05) is 24.8 Å². The van der Waals surface area contributed by atoms with Crippen LogP contribution in [0.3, 0.4) is 0 Å². The summed E-state index contributed by atoms with van der Waals surface area (Å²) in [6, 6.07) is 5.95. The van der Waals surface area contributed by atoms with E-state index >= 15 is 0 Å². The summed E-state index contributed by atoms with van der Waals surface area (Å²) in [4.78, 5) is -0.0178. The number of hydrogen-bond donors (Lipinski definition) is 0. The Balaban J connectivity index is 2.19. The lowest BCUT2D eigenvalue weighted by molar-refractivity contribution is 0.279. The Hall–Kier alpha value is -1.44. The minimum atomic E-state index is -3.97. The first-order valence-corrected chi connectivity index (χ1v) is 8.51. The van der Waals surface area contributed by atoms with E-state index in [0.717, 1.165) is 11.0 Å². The molecule has 0 saturated carbocycles. The first-order valence-electron chi connectivity index (χ1n) is 5.39. The molecule has 102 valence electrons. The fourth-order valence-corrected chi connectivity index (χ4v) is 3.88. The van der Waals surface area contributed by atoms with E-state index in [4.69, 9.17) is 4.18 Å². The van der Waals surface area contributed by atoms with Crippen molar-refractivity contribution in [2.45, 2.75) is 11.0 Å². The van der Waals surface area contributed by atoms with Crippen molar-refractivity contribution in [3.63, 3.8) is 0 Å². The third-order valence-corrected chi connectivity index (χ3v) is 5.27. The molecule has 2 rings (SSSR count). The molecule has 0 fully saturated rings. The van der Waals surface area contributed by atoms with Crippen molar-refractivity contribution in [1.82, 2.24) is 0 Å². The van der Waals surface area contributed by atoms with Crippen molar-refractivity contribution >= 4 is 26.0 Å². The van der Waals surface area contributed by atoms with E-state index in [0.29, 0.717) is 0 Å². The van der Waals surface area contributed by atoms with Gasteiger partial charge in [-0.05, 0) is 23.8 Å². The predicted molar refractivity (Wildman–Crippen MR) is 71.5 cm³/mol. The molecule has 1 heterocycles. The van der Waals surface area contributed by atoms with Crippen molar-refractivity contribution in [3.05, 3.63) is 47.9 Å². The van der Waals surface area contributed by atoms with Gasteiger partial charge in [-0.15, -0.1) is 0 Å². The van der Waals surface area contributed by atoms with Gasteiger partial charge in [0.25, 0.3) is 10.1 Å². The van der Waals surface area contributed by atoms with Gasteiger partial charge in [0.2, 0.25) is 0 Å². The highest BCUT2D eigenvalue weighted by Gasteiger charge is 2.28. The van der Waals surface area contributed by atoms with Crippen LogP contribution < -0.4 is 0 Å². The lowest BCUT2D eigenvalue weighted by Gasteiger charge is -2.09. The minimum absolute atomic E-state index is 0.0178. The van der Waals surface area contributed by atoms with Gasteiger partial charge in [0.05, 0.1) is 10.6 Å². The van der Waals surface area contributed by atoms with E-state index < -0.39 is 26.1 Å². The molecule has 0 aliphatic carbocycles. The first-order chi connectivity index (χ1) is 8.82. The Bertz CT molecular complexity index is 712. The molecule has 7 heteroatoms. The van der Waals surface area contributed by atoms with Crippen molar-refractivity contribution in [2.75, 3.05) is 5.75 Å². The van der Waals surface area contributed by atoms with Gasteiger partial charge in [0.1, 0.15) is 6.10 Å². The second kappa shape index (κ2) is 4.92. The van der Waals surface area contributed by atoms with Crippen molar-refractivity contribution < 1.29 is 21.0 Å². The lowest BCUT2D eigenvalue weighted by atomic mass is 10.2. The van der Waals surface area contributed by atoms with Crippen molar-refractivity contribution in [2.24, 2.45) is 0 Å². The van der Waals surface area contributed by atoms with Gasteiger partial charge in [-0.3, -0.25) is 4.18 Å². The Labute approximate surface area is 112 Å². The third-order valence-electron chi connectivity index (χ3n) is 2.55. The molecular formula is C12H12O5S2. The van der Waals surface area contributed by atoms with Crippen LogP contribution >= 0.6 is 0 Å². The molecule has 0 N–H and O–H groups in total. The molecule has 1 aromatic rings. The van der Waals surface area contributed by atoms with Gasteiger partial charge in [-0.25, -0.2) is 8.42 Å². The van der Waals surface area contributed by atoms with Gasteiger partial charge in [-0.2, -0.15) is 8.42 Å². The summed E-state index contributed by atoms with van der Waals surface area (Å²) in [6.45, 7) is 3.57. The highest BCUT2D eigenvalue weighted by molar-refractivity contribution is 7.94. The molecule has 0 saturated heterocycles. The molecule has 1 aromatic carbocycles. The van der Waals surface area contributed by atoms with Crippen LogP contribution in [-0.2, 0) is 24.1 Å². The van der Waals surface area contributed by atoms with Crippen LogP contribution in [0.25, 0.3) is 6.08 Å². The van der Waals surface area contributed by atoms with Crippen molar-refractivity contribution in [3.8, 4) is 0 Å². The average Bonchev–Trinajstić information content (AvgIpc) is 2.68. The molecule has 5 nitrogen and oxygen atoms in total. The summed E-state index contributed by atoms with van der Waals surface area (Å²) < 4.78 is 51.1. The van der Waals surface area contributed by atoms with E-state index in [9.17, 15) is 16.8 Å². The largest absolute Gasteiger partial charge is 0.297 e. The van der Waals surface area contributed by atoms with E-state index in [1.54, 1.807) is 18.2 Å². The Morgan fingerprint density at radius 3 is 2.37 bits per heavy atom. The quantitative estimate of drug-likeness (QED) is 0.784. The summed E-state index contributed by atoms with van der Waals surface area (Å²) in [6.07, 6.45) is 1.85. The van der Waals surface area contributed by atoms with Crippen LogP contribution in [0.4, 0.5) is 0 Å². The normalized spacial score (nSPS) is 21.4. The van der Waals surface area contributed by atoms with Crippen LogP contribution in [0.5, 0.6) is 0 Å². The number of sulfone groups is 1. The minimum Gasteiger partial charge on any atom is -0.258 e. The fourth-order valence-electron chi connectivity index (χ4n) is 1.60. The van der Waals surface area contributed by atoms with Crippen LogP contribution in [0.2, 0.25) is 0 Å². The molecular weight excluding hydrogens is 288 g/mol. The molecule has 1 aliphatic rings. The molecule has 0 spiro atoms. The Kier molecular flexibility index (Phi) is 3.62. The van der Waals surface area contributed by atoms with Crippen molar-refractivity contribution in [1.29, 1.82) is 0 Å². The van der Waals surface area contributed by atoms with Crippen LogP contribution in [0.15, 0.2) is 47.2 Å². The second-order valence-corrected chi connectivity index (χ2v) is 7.52. The highest BCUT2D eigenvalue weighted by atomic mass is 32.2. The second-order valence-electron chi connectivity index (χ2n) is 4.02. The maximum absolute atomic E-state index is 11.9. The van der Waals surface area contributed by atoms with E-state index in [1.807, 2.05) is 0 Å². The molecule has 0 aromatic heterocycles. The van der Waals surface area contributed by atoms with Crippen LogP contribution in [0.1, 0.15) is 5.56 Å². The maximum atomic E-state index is 11.9. The van der Waals surface area contributed by atoms with E-state index in [-0.39, 0.29) is 10.6 Å². The van der Waals surface area contributed by atoms with Gasteiger partial charge >= 0.3 is 0 Å². The SMILES string of the molecule is C=Cc1ccc(S(=O)(=O)O[C@@H]2C=CS(=O)(=O)C2)cc1. The lowest BCUT2D eigenvalue weighted by Crippen LogP contribution is -2.20. The fraction of sp³-hybridized carbons (Fsp3) is 0.167. The van der Waals surface area contributed by atoms with Gasteiger partial charge in [0.15, 0.2) is 9.84 Å². The average molecular weight is 300 g/mol. The smallest absolute Gasteiger partial charge is 0.258 e. The van der Waals surface area contributed by atoms with Crippen LogP contribution in [-0.4, -0.2) is 28.7 Å². The Morgan fingerprint density at radius 1 is 1.26 bits per heavy atom. The molecule has 0 bridgehead atoms. The zero-order chi connectivity index (χ0) is 14.1. The highest BCUT2D eigenvalue weighted by Crippen LogP contribution is 2.20. The van der Waals surface area contributed by atoms with Gasteiger partial charge in [0, 0.05) is 5.41 Å². The van der Waals surface area contributed by atoms with Gasteiger partial charge < -0.3 is 0 Å². The summed E-state index contributed by atoms with van der Waals surface area (Å²) in [5.41, 5.74) is 0.780. The third kappa shape index (κ3) is 3.31. The number of benzene rings is 1. The molecule has 1 atom stereocenters. The maximum Gasteiger partial charge on any atom is 0.297 e. The predicted octanol–water partition coefficient (Wildman–Crippen LogP) is 1.35. The summed E-state index contributed by atoms with van der Waals surface area (Å²) in [5.74, 6) is -0.350. The number of hydrogen-bond acceptors (Lipinski definition) is 5. The summed E-state index contributed by atoms with van der Waals surface area (Å²) >= 11 is 0. The molecule has 1 aliphatic heterocycles. The number of rotatable bonds is 4. The van der Waals surface area contributed by atoms with E-state index in [2.05, 4.69) is 6.58 Å².